The van der Waals surface area contributed by atoms with Crippen LogP contribution in [0.4, 0.5) is 0 Å². The first kappa shape index (κ1) is 12.9. The molecule has 2 N–H and O–H groups in total. The highest BCUT2D eigenvalue weighted by Gasteiger charge is 2.48. The van der Waals surface area contributed by atoms with E-state index in [-0.39, 0.29) is 5.92 Å². The first-order valence-electron chi connectivity index (χ1n) is 6.95. The zero-order chi connectivity index (χ0) is 12.5. The summed E-state index contributed by atoms with van der Waals surface area (Å²) >= 11 is 0. The van der Waals surface area contributed by atoms with Crippen LogP contribution in [0, 0.1) is 16.7 Å². The Morgan fingerprint density at radius 3 is 2.00 bits per heavy atom. The number of nitrogens with one attached hydrogen (secondary N) is 1. The molecule has 3 nitrogen and oxygen atoms in total. The van der Waals surface area contributed by atoms with Crippen LogP contribution in [0.25, 0.3) is 0 Å². The molecule has 0 unspecified atom stereocenters. The van der Waals surface area contributed by atoms with Crippen molar-refractivity contribution >= 4 is 5.97 Å². The van der Waals surface area contributed by atoms with Gasteiger partial charge < -0.3 is 10.4 Å². The number of hydrogen-bond donors (Lipinski definition) is 2. The van der Waals surface area contributed by atoms with Crippen molar-refractivity contribution in [2.24, 2.45) is 16.7 Å². The van der Waals surface area contributed by atoms with Crippen LogP contribution in [0.15, 0.2) is 0 Å². The lowest BCUT2D eigenvalue weighted by atomic mass is 9.57. The van der Waals surface area contributed by atoms with E-state index in [1.165, 1.54) is 12.8 Å². The van der Waals surface area contributed by atoms with Crippen LogP contribution < -0.4 is 5.32 Å². The second-order valence-electron chi connectivity index (χ2n) is 6.37. The highest BCUT2D eigenvalue weighted by molar-refractivity contribution is 5.75. The second kappa shape index (κ2) is 4.60. The van der Waals surface area contributed by atoms with Crippen LogP contribution in [0.3, 0.4) is 0 Å². The van der Waals surface area contributed by atoms with E-state index in [4.69, 9.17) is 0 Å². The molecule has 1 heterocycles. The average molecular weight is 239 g/mol. The van der Waals surface area contributed by atoms with E-state index in [0.29, 0.717) is 5.41 Å². The average Bonchev–Trinajstić information content (AvgIpc) is 2.30. The highest BCUT2D eigenvalue weighted by atomic mass is 16.4. The number of carboxylic acid groups (broad SMARTS) is 1. The molecule has 2 rings (SSSR count). The molecule has 0 atom stereocenters. The van der Waals surface area contributed by atoms with Gasteiger partial charge in [0.15, 0.2) is 0 Å². The van der Waals surface area contributed by atoms with Gasteiger partial charge in [0, 0.05) is 0 Å². The van der Waals surface area contributed by atoms with Gasteiger partial charge in [-0.3, -0.25) is 4.79 Å². The maximum absolute atomic E-state index is 11.6. The maximum Gasteiger partial charge on any atom is 0.309 e. The molecular weight excluding hydrogens is 214 g/mol. The zero-order valence-corrected chi connectivity index (χ0v) is 11.1. The Labute approximate surface area is 104 Å². The summed E-state index contributed by atoms with van der Waals surface area (Å²) in [5.41, 5.74) is 0.00914. The van der Waals surface area contributed by atoms with Crippen molar-refractivity contribution in [2.45, 2.75) is 52.4 Å². The van der Waals surface area contributed by atoms with E-state index in [2.05, 4.69) is 19.2 Å². The fourth-order valence-electron chi connectivity index (χ4n) is 3.72. The van der Waals surface area contributed by atoms with Crippen LogP contribution in [0.5, 0.6) is 0 Å². The van der Waals surface area contributed by atoms with E-state index >= 15 is 0 Å². The summed E-state index contributed by atoms with van der Waals surface area (Å²) in [6.45, 7) is 6.35. The Morgan fingerprint density at radius 2 is 1.59 bits per heavy atom. The number of hydrogen-bond acceptors (Lipinski definition) is 2. The van der Waals surface area contributed by atoms with E-state index in [0.717, 1.165) is 38.8 Å². The molecule has 2 aliphatic rings. The lowest BCUT2D eigenvalue weighted by Crippen LogP contribution is -2.46. The second-order valence-corrected chi connectivity index (χ2v) is 6.37. The van der Waals surface area contributed by atoms with Crippen molar-refractivity contribution in [3.63, 3.8) is 0 Å². The van der Waals surface area contributed by atoms with E-state index < -0.39 is 11.4 Å². The molecule has 2 fully saturated rings. The molecule has 0 aromatic carbocycles. The third kappa shape index (κ3) is 2.22. The van der Waals surface area contributed by atoms with Gasteiger partial charge in [0.25, 0.3) is 0 Å². The summed E-state index contributed by atoms with van der Waals surface area (Å²) in [7, 11) is 0. The van der Waals surface area contributed by atoms with Gasteiger partial charge in [-0.1, -0.05) is 13.8 Å². The molecule has 0 radical (unpaired) electrons. The molecule has 1 aliphatic heterocycles. The molecule has 1 saturated heterocycles. The van der Waals surface area contributed by atoms with Crippen LogP contribution in [-0.2, 0) is 4.79 Å². The summed E-state index contributed by atoms with van der Waals surface area (Å²) in [6.07, 6.45) is 6.44. The third-order valence-corrected chi connectivity index (χ3v) is 5.40. The number of carbonyl (C=O) groups is 1. The first-order valence-corrected chi connectivity index (χ1v) is 6.95. The largest absolute Gasteiger partial charge is 0.481 e. The standard InChI is InChI=1S/C14H25NO2/c1-11(2)14(12(16)17)5-3-13(4-6-14)7-9-15-10-8-13/h11,15H,3-10H2,1-2H3,(H,16,17). The predicted molar refractivity (Wildman–Crippen MR) is 67.9 cm³/mol. The quantitative estimate of drug-likeness (QED) is 0.779. The minimum atomic E-state index is -0.573. The minimum Gasteiger partial charge on any atom is -0.481 e. The molecule has 1 spiro atoms. The monoisotopic (exact) mass is 239 g/mol. The molecule has 0 aromatic rings. The molecule has 0 bridgehead atoms. The molecule has 0 amide bonds. The van der Waals surface area contributed by atoms with Crippen molar-refractivity contribution in [2.75, 3.05) is 13.1 Å². The van der Waals surface area contributed by atoms with Gasteiger partial charge in [-0.15, -0.1) is 0 Å². The van der Waals surface area contributed by atoms with Gasteiger partial charge in [0.2, 0.25) is 0 Å². The first-order chi connectivity index (χ1) is 8.01. The number of rotatable bonds is 2. The van der Waals surface area contributed by atoms with Gasteiger partial charge in [-0.25, -0.2) is 0 Å². The summed E-state index contributed by atoms with van der Waals surface area (Å²) in [5, 5.41) is 12.9. The Hall–Kier alpha value is -0.570. The van der Waals surface area contributed by atoms with Crippen LogP contribution in [0.1, 0.15) is 52.4 Å². The normalized spacial score (nSPS) is 27.2. The SMILES string of the molecule is CC(C)C1(C(=O)O)CCC2(CCNCC2)CC1. The summed E-state index contributed by atoms with van der Waals surface area (Å²) < 4.78 is 0. The summed E-state index contributed by atoms with van der Waals surface area (Å²) in [5.74, 6) is -0.324. The topological polar surface area (TPSA) is 49.3 Å². The van der Waals surface area contributed by atoms with Gasteiger partial charge in [0.05, 0.1) is 5.41 Å². The highest BCUT2D eigenvalue weighted by Crippen LogP contribution is 2.52. The Morgan fingerprint density at radius 1 is 1.06 bits per heavy atom. The van der Waals surface area contributed by atoms with Gasteiger partial charge in [-0.2, -0.15) is 0 Å². The molecule has 1 aliphatic carbocycles. The summed E-state index contributed by atoms with van der Waals surface area (Å²) in [6, 6.07) is 0. The fourth-order valence-corrected chi connectivity index (χ4v) is 3.72. The number of carboxylic acids is 1. The molecular formula is C14H25NO2. The lowest BCUT2D eigenvalue weighted by molar-refractivity contribution is -0.157. The predicted octanol–water partition coefficient (Wildman–Crippen LogP) is 2.66. The lowest BCUT2D eigenvalue weighted by Gasteiger charge is -2.48. The van der Waals surface area contributed by atoms with E-state index in [9.17, 15) is 9.90 Å². The smallest absolute Gasteiger partial charge is 0.309 e. The molecule has 17 heavy (non-hydrogen) atoms. The fraction of sp³-hybridized carbons (Fsp3) is 0.929. The maximum atomic E-state index is 11.6. The van der Waals surface area contributed by atoms with Gasteiger partial charge >= 0.3 is 5.97 Å². The number of piperidine rings is 1. The van der Waals surface area contributed by atoms with Crippen molar-refractivity contribution in [3.8, 4) is 0 Å². The Kier molecular flexibility index (Phi) is 3.48. The van der Waals surface area contributed by atoms with Crippen molar-refractivity contribution in [1.82, 2.24) is 5.32 Å². The van der Waals surface area contributed by atoms with Crippen molar-refractivity contribution < 1.29 is 9.90 Å². The van der Waals surface area contributed by atoms with Gasteiger partial charge in [0.1, 0.15) is 0 Å². The Bertz CT molecular complexity index is 283. The van der Waals surface area contributed by atoms with Crippen LogP contribution in [-0.4, -0.2) is 24.2 Å². The summed E-state index contributed by atoms with van der Waals surface area (Å²) in [4.78, 5) is 11.6. The van der Waals surface area contributed by atoms with Crippen LogP contribution in [0.2, 0.25) is 0 Å². The van der Waals surface area contributed by atoms with Gasteiger partial charge in [-0.05, 0) is 62.9 Å². The molecule has 3 heteroatoms. The Balaban J connectivity index is 2.07. The third-order valence-electron chi connectivity index (χ3n) is 5.40. The number of aliphatic carboxylic acids is 1. The van der Waals surface area contributed by atoms with Crippen molar-refractivity contribution in [1.29, 1.82) is 0 Å². The van der Waals surface area contributed by atoms with Crippen molar-refractivity contribution in [3.05, 3.63) is 0 Å². The molecule has 0 aromatic heterocycles. The van der Waals surface area contributed by atoms with E-state index in [1.807, 2.05) is 0 Å². The van der Waals surface area contributed by atoms with E-state index in [1.54, 1.807) is 0 Å². The minimum absolute atomic E-state index is 0.249. The zero-order valence-electron chi connectivity index (χ0n) is 11.1. The van der Waals surface area contributed by atoms with Crippen LogP contribution >= 0.6 is 0 Å². The molecule has 98 valence electrons. The molecule has 1 saturated carbocycles.